The number of benzene rings is 2. The van der Waals surface area contributed by atoms with Crippen LogP contribution in [-0.4, -0.2) is 18.1 Å². The van der Waals surface area contributed by atoms with Crippen molar-refractivity contribution >= 4 is 11.6 Å². The average Bonchev–Trinajstić information content (AvgIpc) is 2.53. The molecule has 0 bridgehead atoms. The zero-order chi connectivity index (χ0) is 15.9. The summed E-state index contributed by atoms with van der Waals surface area (Å²) >= 11 is 0. The number of hydrogen-bond acceptors (Lipinski definition) is 3. The normalized spacial score (nSPS) is 19.7. The van der Waals surface area contributed by atoms with Gasteiger partial charge in [0.05, 0.1) is 18.6 Å². The molecule has 114 valence electrons. The Morgan fingerprint density at radius 1 is 1.09 bits per heavy atom. The molecule has 1 amide bonds. The molecule has 0 spiro atoms. The van der Waals surface area contributed by atoms with Crippen LogP contribution in [0.4, 0.5) is 5.69 Å². The molecule has 3 rings (SSSR count). The summed E-state index contributed by atoms with van der Waals surface area (Å²) in [5.74, 6) is 1.01. The molecule has 2 aromatic rings. The standard InChI is InChI=1S/C18H19NO3/c1-18(2)16(14-6-4-5-7-15(14)20)19(17(18)21)12-8-10-13(22-3)11-9-12/h4-11,16,20H,1-3H3. The molecule has 1 unspecified atom stereocenters. The van der Waals surface area contributed by atoms with Gasteiger partial charge in [0.1, 0.15) is 11.5 Å². The van der Waals surface area contributed by atoms with Crippen LogP contribution in [-0.2, 0) is 4.79 Å². The fraction of sp³-hybridized carbons (Fsp3) is 0.278. The Balaban J connectivity index is 2.02. The van der Waals surface area contributed by atoms with Gasteiger partial charge in [-0.2, -0.15) is 0 Å². The highest BCUT2D eigenvalue weighted by Gasteiger charge is 2.56. The summed E-state index contributed by atoms with van der Waals surface area (Å²) in [6.45, 7) is 3.82. The van der Waals surface area contributed by atoms with Crippen molar-refractivity contribution in [2.24, 2.45) is 5.41 Å². The van der Waals surface area contributed by atoms with E-state index in [-0.39, 0.29) is 17.7 Å². The summed E-state index contributed by atoms with van der Waals surface area (Å²) in [4.78, 5) is 14.3. The van der Waals surface area contributed by atoms with E-state index in [1.807, 2.05) is 50.2 Å². The van der Waals surface area contributed by atoms with Crippen molar-refractivity contribution in [3.63, 3.8) is 0 Å². The van der Waals surface area contributed by atoms with E-state index >= 15 is 0 Å². The molecule has 1 N–H and O–H groups in total. The quantitative estimate of drug-likeness (QED) is 0.882. The van der Waals surface area contributed by atoms with Crippen LogP contribution in [0.5, 0.6) is 11.5 Å². The lowest BCUT2D eigenvalue weighted by Crippen LogP contribution is -2.61. The van der Waals surface area contributed by atoms with Crippen molar-refractivity contribution < 1.29 is 14.6 Å². The number of phenols is 1. The number of ether oxygens (including phenoxy) is 1. The first-order valence-electron chi connectivity index (χ1n) is 7.22. The number of β-lactam (4-membered cyclic amide) rings is 1. The topological polar surface area (TPSA) is 49.8 Å². The number of para-hydroxylation sites is 1. The zero-order valence-corrected chi connectivity index (χ0v) is 12.9. The van der Waals surface area contributed by atoms with Crippen molar-refractivity contribution in [1.82, 2.24) is 0 Å². The molecule has 4 heteroatoms. The smallest absolute Gasteiger partial charge is 0.235 e. The minimum Gasteiger partial charge on any atom is -0.508 e. The number of anilines is 1. The Hall–Kier alpha value is -2.49. The highest BCUT2D eigenvalue weighted by atomic mass is 16.5. The van der Waals surface area contributed by atoms with Gasteiger partial charge in [0.2, 0.25) is 5.91 Å². The van der Waals surface area contributed by atoms with Crippen LogP contribution in [0, 0.1) is 5.41 Å². The van der Waals surface area contributed by atoms with Crippen LogP contribution in [0.1, 0.15) is 25.5 Å². The van der Waals surface area contributed by atoms with Gasteiger partial charge in [-0.1, -0.05) is 18.2 Å². The van der Waals surface area contributed by atoms with Crippen molar-refractivity contribution in [1.29, 1.82) is 0 Å². The van der Waals surface area contributed by atoms with E-state index in [0.717, 1.165) is 17.0 Å². The monoisotopic (exact) mass is 297 g/mol. The van der Waals surface area contributed by atoms with Crippen LogP contribution in [0.3, 0.4) is 0 Å². The summed E-state index contributed by atoms with van der Waals surface area (Å²) in [6, 6.07) is 14.4. The average molecular weight is 297 g/mol. The largest absolute Gasteiger partial charge is 0.508 e. The van der Waals surface area contributed by atoms with Crippen LogP contribution >= 0.6 is 0 Å². The van der Waals surface area contributed by atoms with Gasteiger partial charge in [-0.05, 0) is 44.2 Å². The zero-order valence-electron chi connectivity index (χ0n) is 12.9. The Bertz CT molecular complexity index is 707. The molecule has 0 radical (unpaired) electrons. The SMILES string of the molecule is COc1ccc(N2C(=O)C(C)(C)C2c2ccccc2O)cc1. The predicted octanol–water partition coefficient (Wildman–Crippen LogP) is 3.51. The van der Waals surface area contributed by atoms with E-state index in [1.165, 1.54) is 0 Å². The molecule has 1 atom stereocenters. The third kappa shape index (κ3) is 2.03. The van der Waals surface area contributed by atoms with E-state index in [1.54, 1.807) is 24.1 Å². The molecule has 0 saturated carbocycles. The van der Waals surface area contributed by atoms with Gasteiger partial charge >= 0.3 is 0 Å². The summed E-state index contributed by atoms with van der Waals surface area (Å²) in [7, 11) is 1.61. The first-order chi connectivity index (χ1) is 10.5. The van der Waals surface area contributed by atoms with Gasteiger partial charge in [-0.25, -0.2) is 0 Å². The fourth-order valence-electron chi connectivity index (χ4n) is 3.06. The van der Waals surface area contributed by atoms with Crippen molar-refractivity contribution in [2.45, 2.75) is 19.9 Å². The maximum Gasteiger partial charge on any atom is 0.235 e. The Labute approximate surface area is 130 Å². The minimum atomic E-state index is -0.543. The maximum atomic E-state index is 12.5. The highest BCUT2D eigenvalue weighted by molar-refractivity contribution is 6.05. The lowest BCUT2D eigenvalue weighted by Gasteiger charge is -2.53. The number of hydrogen-bond donors (Lipinski definition) is 1. The number of nitrogens with zero attached hydrogens (tertiary/aromatic N) is 1. The van der Waals surface area contributed by atoms with Crippen LogP contribution < -0.4 is 9.64 Å². The molecule has 1 saturated heterocycles. The number of methoxy groups -OCH3 is 1. The molecule has 1 aliphatic rings. The molecular formula is C18H19NO3. The maximum absolute atomic E-state index is 12.5. The van der Waals surface area contributed by atoms with Gasteiger partial charge in [0.25, 0.3) is 0 Å². The van der Waals surface area contributed by atoms with Crippen molar-refractivity contribution in [3.05, 3.63) is 54.1 Å². The molecule has 2 aromatic carbocycles. The molecule has 0 aromatic heterocycles. The number of carbonyl (C=O) groups excluding carboxylic acids is 1. The van der Waals surface area contributed by atoms with Crippen molar-refractivity contribution in [3.8, 4) is 11.5 Å². The Kier molecular flexibility index (Phi) is 3.32. The number of carbonyl (C=O) groups is 1. The second-order valence-corrected chi connectivity index (χ2v) is 6.06. The second kappa shape index (κ2) is 5.05. The summed E-state index contributed by atoms with van der Waals surface area (Å²) in [6.07, 6.45) is 0. The molecule has 22 heavy (non-hydrogen) atoms. The van der Waals surface area contributed by atoms with Gasteiger partial charge in [0.15, 0.2) is 0 Å². The number of amides is 1. The lowest BCUT2D eigenvalue weighted by atomic mass is 9.70. The molecular weight excluding hydrogens is 278 g/mol. The van der Waals surface area contributed by atoms with E-state index in [9.17, 15) is 9.90 Å². The van der Waals surface area contributed by atoms with Gasteiger partial charge < -0.3 is 14.7 Å². The summed E-state index contributed by atoms with van der Waals surface area (Å²) in [5, 5.41) is 10.2. The first kappa shape index (κ1) is 14.4. The summed E-state index contributed by atoms with van der Waals surface area (Å²) in [5.41, 5.74) is 1.03. The number of aromatic hydroxyl groups is 1. The molecule has 1 heterocycles. The molecule has 1 aliphatic heterocycles. The van der Waals surface area contributed by atoms with E-state index < -0.39 is 5.41 Å². The van der Waals surface area contributed by atoms with Gasteiger partial charge in [-0.15, -0.1) is 0 Å². The van der Waals surface area contributed by atoms with Gasteiger partial charge in [-0.3, -0.25) is 4.79 Å². The molecule has 0 aliphatic carbocycles. The van der Waals surface area contributed by atoms with Gasteiger partial charge in [0, 0.05) is 11.3 Å². The van der Waals surface area contributed by atoms with E-state index in [2.05, 4.69) is 0 Å². The minimum absolute atomic E-state index is 0.0471. The first-order valence-corrected chi connectivity index (χ1v) is 7.22. The molecule has 4 nitrogen and oxygen atoms in total. The van der Waals surface area contributed by atoms with Crippen LogP contribution in [0.15, 0.2) is 48.5 Å². The number of rotatable bonds is 3. The third-order valence-corrected chi connectivity index (χ3v) is 4.29. The van der Waals surface area contributed by atoms with Crippen molar-refractivity contribution in [2.75, 3.05) is 12.0 Å². The highest BCUT2D eigenvalue weighted by Crippen LogP contribution is 2.53. The van der Waals surface area contributed by atoms with Crippen LogP contribution in [0.25, 0.3) is 0 Å². The predicted molar refractivity (Wildman–Crippen MR) is 85.1 cm³/mol. The Morgan fingerprint density at radius 2 is 1.73 bits per heavy atom. The van der Waals surface area contributed by atoms with Crippen LogP contribution in [0.2, 0.25) is 0 Å². The lowest BCUT2D eigenvalue weighted by molar-refractivity contribution is -0.137. The van der Waals surface area contributed by atoms with E-state index in [0.29, 0.717) is 0 Å². The van der Waals surface area contributed by atoms with E-state index in [4.69, 9.17) is 4.74 Å². The Morgan fingerprint density at radius 3 is 2.32 bits per heavy atom. The number of phenolic OH excluding ortho intramolecular Hbond substituents is 1. The fourth-order valence-corrected chi connectivity index (χ4v) is 3.06. The third-order valence-electron chi connectivity index (χ3n) is 4.29. The second-order valence-electron chi connectivity index (χ2n) is 6.06. The summed E-state index contributed by atoms with van der Waals surface area (Å²) < 4.78 is 5.16. The molecule has 1 fully saturated rings.